The van der Waals surface area contributed by atoms with Gasteiger partial charge in [0.05, 0.1) is 37.9 Å². The highest BCUT2D eigenvalue weighted by Crippen LogP contribution is 2.12. The Morgan fingerprint density at radius 3 is 1.24 bits per heavy atom. The minimum Gasteiger partial charge on any atom is -0.396 e. The van der Waals surface area contributed by atoms with Gasteiger partial charge in [0.1, 0.15) is 0 Å². The van der Waals surface area contributed by atoms with Gasteiger partial charge < -0.3 is 46.0 Å². The van der Waals surface area contributed by atoms with Crippen molar-refractivity contribution >= 4 is 0 Å². The molecular weight excluding hydrogens is 444 g/mol. The van der Waals surface area contributed by atoms with E-state index in [1.807, 2.05) is 50.2 Å². The number of hydrogen-bond donors (Lipinski definition) is 9. The number of aliphatic hydroxyl groups excluding tert-OH is 9. The maximum absolute atomic E-state index is 9.35. The molecule has 2 unspecified atom stereocenters. The summed E-state index contributed by atoms with van der Waals surface area (Å²) >= 11 is 0. The first-order chi connectivity index (χ1) is 16.3. The second-order valence-corrected chi connectivity index (χ2v) is 8.09. The molecule has 204 valence electrons. The lowest BCUT2D eigenvalue weighted by atomic mass is 9.93. The zero-order chi connectivity index (χ0) is 26.7. The number of aliphatic hydroxyl groups is 9. The summed E-state index contributed by atoms with van der Waals surface area (Å²) < 4.78 is 0. The summed E-state index contributed by atoms with van der Waals surface area (Å²) in [5.74, 6) is 0.0390. The van der Waals surface area contributed by atoms with Crippen LogP contribution in [-0.4, -0.2) is 105 Å². The lowest BCUT2D eigenvalue weighted by molar-refractivity contribution is -0.0328. The largest absolute Gasteiger partial charge is 0.396 e. The maximum atomic E-state index is 9.35. The van der Waals surface area contributed by atoms with Gasteiger partial charge >= 0.3 is 0 Å². The van der Waals surface area contributed by atoms with Gasteiger partial charge in [0, 0.05) is 38.3 Å². The van der Waals surface area contributed by atoms with Crippen molar-refractivity contribution in [3.05, 3.63) is 36.4 Å². The van der Waals surface area contributed by atoms with Crippen LogP contribution in [0.3, 0.4) is 0 Å². The van der Waals surface area contributed by atoms with E-state index in [0.717, 1.165) is 19.3 Å². The van der Waals surface area contributed by atoms with Gasteiger partial charge in [-0.3, -0.25) is 0 Å². The van der Waals surface area contributed by atoms with Gasteiger partial charge in [-0.2, -0.15) is 0 Å². The van der Waals surface area contributed by atoms with Crippen LogP contribution in [0.25, 0.3) is 0 Å². The predicted octanol–water partition coefficient (Wildman–Crippen LogP) is 0.154. The van der Waals surface area contributed by atoms with Crippen LogP contribution in [0.1, 0.15) is 46.0 Å². The van der Waals surface area contributed by atoms with Crippen LogP contribution in [0.15, 0.2) is 36.4 Å². The monoisotopic (exact) mass is 494 g/mol. The quantitative estimate of drug-likeness (QED) is 0.174. The molecule has 0 aromatic heterocycles. The Kier molecular flexibility index (Phi) is 30.9. The Hall–Kier alpha value is -1.14. The molecule has 0 amide bonds. The van der Waals surface area contributed by atoms with E-state index in [1.54, 1.807) is 0 Å². The topological polar surface area (TPSA) is 182 Å². The second-order valence-electron chi connectivity index (χ2n) is 8.09. The molecule has 0 bridgehead atoms. The molecule has 34 heavy (non-hydrogen) atoms. The van der Waals surface area contributed by atoms with Crippen LogP contribution in [0.4, 0.5) is 0 Å². The molecule has 0 heterocycles. The second kappa shape index (κ2) is 28.1. The molecule has 0 saturated heterocycles. The molecular formula is C25H50O9. The first-order valence-electron chi connectivity index (χ1n) is 11.9. The van der Waals surface area contributed by atoms with Gasteiger partial charge in [0.15, 0.2) is 0 Å². The fourth-order valence-electron chi connectivity index (χ4n) is 2.36. The Labute approximate surface area is 205 Å². The minimum atomic E-state index is -1.11. The molecule has 0 aliphatic rings. The molecule has 1 rings (SSSR count). The maximum Gasteiger partial charge on any atom is 0.0627 e. The summed E-state index contributed by atoms with van der Waals surface area (Å²) in [6.07, 6.45) is 3.70. The summed E-state index contributed by atoms with van der Waals surface area (Å²) in [5, 5.41) is 77.5. The highest BCUT2D eigenvalue weighted by atomic mass is 16.3. The van der Waals surface area contributed by atoms with Gasteiger partial charge in [-0.05, 0) is 25.7 Å². The van der Waals surface area contributed by atoms with Crippen molar-refractivity contribution < 1.29 is 46.0 Å². The molecule has 1 aromatic carbocycles. The molecule has 9 nitrogen and oxygen atoms in total. The number of hydrogen-bond acceptors (Lipinski definition) is 9. The van der Waals surface area contributed by atoms with E-state index in [9.17, 15) is 5.11 Å². The minimum absolute atomic E-state index is 0.0104. The summed E-state index contributed by atoms with van der Waals surface area (Å²) in [5.41, 5.74) is -1.11. The third kappa shape index (κ3) is 21.4. The van der Waals surface area contributed by atoms with E-state index in [2.05, 4.69) is 0 Å². The zero-order valence-corrected chi connectivity index (χ0v) is 20.9. The van der Waals surface area contributed by atoms with Crippen molar-refractivity contribution in [2.45, 2.75) is 52.1 Å². The Bertz CT molecular complexity index is 420. The average Bonchev–Trinajstić information content (AvgIpc) is 2.89. The van der Waals surface area contributed by atoms with Gasteiger partial charge in [-0.1, -0.05) is 56.7 Å². The van der Waals surface area contributed by atoms with Crippen LogP contribution >= 0.6 is 0 Å². The van der Waals surface area contributed by atoms with Crippen LogP contribution < -0.4 is 0 Å². The van der Waals surface area contributed by atoms with Crippen molar-refractivity contribution in [1.82, 2.24) is 0 Å². The van der Waals surface area contributed by atoms with Crippen molar-refractivity contribution in [2.24, 2.45) is 17.3 Å². The molecule has 0 aliphatic heterocycles. The predicted molar refractivity (Wildman–Crippen MR) is 133 cm³/mol. The summed E-state index contributed by atoms with van der Waals surface area (Å²) in [6, 6.07) is 12.0. The first kappa shape index (κ1) is 37.4. The van der Waals surface area contributed by atoms with Gasteiger partial charge in [-0.15, -0.1) is 0 Å². The van der Waals surface area contributed by atoms with E-state index in [-0.39, 0.29) is 44.4 Å². The van der Waals surface area contributed by atoms with Crippen molar-refractivity contribution in [3.8, 4) is 0 Å². The van der Waals surface area contributed by atoms with E-state index < -0.39 is 31.8 Å². The summed E-state index contributed by atoms with van der Waals surface area (Å²) in [4.78, 5) is 0. The standard InChI is InChI=1S/C8H18O2.C6H14O3.C6H6.C5H12O4/c1-3-5-8(10)7(4-2)6-9;7-3-1-2-6(4-8)5-9;1-2-4-6-5-3-1;6-1-5(2-7,3-8)4-9/h7-10H,3-6H2,1-2H3;6-9H,1-5H2;1-6H;6-9H,1-4H2. The van der Waals surface area contributed by atoms with Crippen LogP contribution in [0, 0.1) is 17.3 Å². The van der Waals surface area contributed by atoms with Gasteiger partial charge in [0.2, 0.25) is 0 Å². The molecule has 0 spiro atoms. The fraction of sp³-hybridized carbons (Fsp3) is 0.760. The molecule has 9 N–H and O–H groups in total. The lowest BCUT2D eigenvalue weighted by Crippen LogP contribution is -2.37. The normalized spacial score (nSPS) is 12.4. The Balaban J connectivity index is -0.000000381. The van der Waals surface area contributed by atoms with E-state index in [0.29, 0.717) is 12.8 Å². The van der Waals surface area contributed by atoms with Crippen LogP contribution in [0.5, 0.6) is 0 Å². The van der Waals surface area contributed by atoms with Crippen LogP contribution in [-0.2, 0) is 0 Å². The van der Waals surface area contributed by atoms with Gasteiger partial charge in [-0.25, -0.2) is 0 Å². The third-order valence-corrected chi connectivity index (χ3v) is 5.18. The SMILES string of the molecule is CCCC(O)C(CC)CO.OCC(CO)(CO)CO.OCCCC(CO)CO.c1ccccc1. The van der Waals surface area contributed by atoms with Gasteiger partial charge in [0.25, 0.3) is 0 Å². The highest BCUT2D eigenvalue weighted by Gasteiger charge is 2.26. The smallest absolute Gasteiger partial charge is 0.0627 e. The van der Waals surface area contributed by atoms with Crippen molar-refractivity contribution in [1.29, 1.82) is 0 Å². The highest BCUT2D eigenvalue weighted by molar-refractivity contribution is 4.99. The first-order valence-corrected chi connectivity index (χ1v) is 11.9. The number of rotatable bonds is 14. The average molecular weight is 495 g/mol. The Morgan fingerprint density at radius 1 is 0.618 bits per heavy atom. The summed E-state index contributed by atoms with van der Waals surface area (Å²) in [6.45, 7) is 2.66. The van der Waals surface area contributed by atoms with Crippen LogP contribution in [0.2, 0.25) is 0 Å². The fourth-order valence-corrected chi connectivity index (χ4v) is 2.36. The van der Waals surface area contributed by atoms with E-state index in [4.69, 9.17) is 40.9 Å². The number of benzene rings is 1. The van der Waals surface area contributed by atoms with E-state index in [1.165, 1.54) is 0 Å². The summed E-state index contributed by atoms with van der Waals surface area (Å²) in [7, 11) is 0. The molecule has 1 aromatic rings. The van der Waals surface area contributed by atoms with Crippen molar-refractivity contribution in [2.75, 3.05) is 52.9 Å². The molecule has 0 saturated carbocycles. The zero-order valence-electron chi connectivity index (χ0n) is 20.9. The van der Waals surface area contributed by atoms with E-state index >= 15 is 0 Å². The molecule has 0 radical (unpaired) electrons. The van der Waals surface area contributed by atoms with Crippen molar-refractivity contribution in [3.63, 3.8) is 0 Å². The Morgan fingerprint density at radius 2 is 1.03 bits per heavy atom. The molecule has 0 aliphatic carbocycles. The molecule has 9 heteroatoms. The molecule has 0 fully saturated rings. The molecule has 2 atom stereocenters. The lowest BCUT2D eigenvalue weighted by Gasteiger charge is -2.23. The third-order valence-electron chi connectivity index (χ3n) is 5.18.